The Morgan fingerprint density at radius 2 is 2.20 bits per heavy atom. The van der Waals surface area contributed by atoms with Crippen molar-refractivity contribution in [2.45, 2.75) is 6.42 Å². The van der Waals surface area contributed by atoms with E-state index in [0.717, 1.165) is 0 Å². The highest BCUT2D eigenvalue weighted by atomic mass is 35.5. The van der Waals surface area contributed by atoms with Crippen molar-refractivity contribution in [1.29, 1.82) is 0 Å². The number of benzene rings is 2. The van der Waals surface area contributed by atoms with Crippen molar-refractivity contribution >= 4 is 51.3 Å². The van der Waals surface area contributed by atoms with Crippen LogP contribution in [0.4, 0.5) is 20.9 Å². The highest BCUT2D eigenvalue weighted by Crippen LogP contribution is 2.37. The number of anilines is 3. The van der Waals surface area contributed by atoms with Gasteiger partial charge >= 0.3 is 5.97 Å². The Morgan fingerprint density at radius 1 is 1.37 bits per heavy atom. The first-order chi connectivity index (χ1) is 14.4. The van der Waals surface area contributed by atoms with Crippen LogP contribution in [0, 0.1) is 5.82 Å². The van der Waals surface area contributed by atoms with Crippen LogP contribution >= 0.6 is 22.9 Å². The summed E-state index contributed by atoms with van der Waals surface area (Å²) < 4.78 is 23.6. The fourth-order valence-corrected chi connectivity index (χ4v) is 4.05. The van der Waals surface area contributed by atoms with Gasteiger partial charge in [0.2, 0.25) is 0 Å². The molecule has 0 saturated carbocycles. The number of hydrogen-bond acceptors (Lipinski definition) is 7. The molecule has 2 heterocycles. The SMILES string of the molecule is COC(=O)Cc1sc(Nc2ccc(F)c(Cl)c2)nc1-c1ccc2c(c1)NC(=O)CO2. The molecule has 10 heteroatoms. The van der Waals surface area contributed by atoms with Crippen LogP contribution in [-0.4, -0.2) is 30.6 Å². The van der Waals surface area contributed by atoms with Crippen LogP contribution in [0.15, 0.2) is 36.4 Å². The van der Waals surface area contributed by atoms with E-state index in [1.165, 1.54) is 36.6 Å². The predicted octanol–water partition coefficient (Wildman–Crippen LogP) is 4.39. The molecule has 0 atom stereocenters. The summed E-state index contributed by atoms with van der Waals surface area (Å²) in [4.78, 5) is 28.8. The van der Waals surface area contributed by atoms with Crippen LogP contribution in [-0.2, 0) is 20.7 Å². The van der Waals surface area contributed by atoms with Gasteiger partial charge in [-0.15, -0.1) is 11.3 Å². The van der Waals surface area contributed by atoms with Gasteiger partial charge in [0.15, 0.2) is 11.7 Å². The predicted molar refractivity (Wildman–Crippen MR) is 112 cm³/mol. The first-order valence-corrected chi connectivity index (χ1v) is 9.98. The van der Waals surface area contributed by atoms with Crippen LogP contribution < -0.4 is 15.4 Å². The Kier molecular flexibility index (Phi) is 5.56. The third-order valence-corrected chi connectivity index (χ3v) is 5.55. The van der Waals surface area contributed by atoms with Gasteiger partial charge in [0.1, 0.15) is 11.6 Å². The number of aromatic nitrogens is 1. The average molecular weight is 448 g/mol. The van der Waals surface area contributed by atoms with Crippen LogP contribution in [0.25, 0.3) is 11.3 Å². The molecule has 4 rings (SSSR count). The summed E-state index contributed by atoms with van der Waals surface area (Å²) in [6.07, 6.45) is 0.0231. The lowest BCUT2D eigenvalue weighted by molar-refractivity contribution is -0.139. The smallest absolute Gasteiger partial charge is 0.310 e. The number of nitrogens with one attached hydrogen (secondary N) is 2. The van der Waals surface area contributed by atoms with Crippen molar-refractivity contribution in [3.63, 3.8) is 0 Å². The molecular weight excluding hydrogens is 433 g/mol. The van der Waals surface area contributed by atoms with E-state index < -0.39 is 11.8 Å². The molecular formula is C20H15ClFN3O4S. The van der Waals surface area contributed by atoms with Crippen molar-refractivity contribution < 1.29 is 23.5 Å². The van der Waals surface area contributed by atoms with Gasteiger partial charge in [-0.2, -0.15) is 0 Å². The van der Waals surface area contributed by atoms with Gasteiger partial charge in [0.25, 0.3) is 5.91 Å². The maximum absolute atomic E-state index is 13.4. The number of halogens is 2. The highest BCUT2D eigenvalue weighted by Gasteiger charge is 2.21. The molecule has 30 heavy (non-hydrogen) atoms. The Bertz CT molecular complexity index is 1150. The van der Waals surface area contributed by atoms with E-state index in [1.807, 2.05) is 0 Å². The number of esters is 1. The Morgan fingerprint density at radius 3 is 2.97 bits per heavy atom. The Hall–Kier alpha value is -3.17. The van der Waals surface area contributed by atoms with E-state index in [0.29, 0.717) is 38.4 Å². The van der Waals surface area contributed by atoms with Gasteiger partial charge < -0.3 is 20.1 Å². The van der Waals surface area contributed by atoms with Gasteiger partial charge in [-0.3, -0.25) is 9.59 Å². The van der Waals surface area contributed by atoms with Gasteiger partial charge in [-0.05, 0) is 36.4 Å². The van der Waals surface area contributed by atoms with E-state index in [-0.39, 0.29) is 24.0 Å². The minimum Gasteiger partial charge on any atom is -0.482 e. The van der Waals surface area contributed by atoms with Crippen LogP contribution in [0.5, 0.6) is 5.75 Å². The molecule has 0 bridgehead atoms. The minimum absolute atomic E-state index is 0.0167. The van der Waals surface area contributed by atoms with E-state index in [1.54, 1.807) is 18.2 Å². The number of fused-ring (bicyclic) bond motifs is 1. The van der Waals surface area contributed by atoms with Gasteiger partial charge in [-0.1, -0.05) is 11.6 Å². The molecule has 0 saturated heterocycles. The molecule has 0 aliphatic carbocycles. The standard InChI is InChI=1S/C20H15ClFN3O4S/c1-28-18(27)8-16-19(10-2-5-15-14(6-10)24-17(26)9-29-15)25-20(30-16)23-11-3-4-13(22)12(21)7-11/h2-7H,8-9H2,1H3,(H,23,25)(H,24,26). The maximum atomic E-state index is 13.4. The molecule has 1 amide bonds. The molecule has 1 aliphatic heterocycles. The van der Waals surface area contributed by atoms with Crippen LogP contribution in [0.3, 0.4) is 0 Å². The van der Waals surface area contributed by atoms with Gasteiger partial charge in [-0.25, -0.2) is 9.37 Å². The minimum atomic E-state index is -0.522. The molecule has 7 nitrogen and oxygen atoms in total. The molecule has 1 aliphatic rings. The first-order valence-electron chi connectivity index (χ1n) is 8.78. The average Bonchev–Trinajstić information content (AvgIpc) is 3.12. The number of rotatable bonds is 5. The van der Waals surface area contributed by atoms with E-state index >= 15 is 0 Å². The second-order valence-electron chi connectivity index (χ2n) is 6.35. The van der Waals surface area contributed by atoms with E-state index in [2.05, 4.69) is 15.6 Å². The number of thiazole rings is 1. The zero-order valence-corrected chi connectivity index (χ0v) is 17.2. The quantitative estimate of drug-likeness (QED) is 0.564. The van der Waals surface area contributed by atoms with Crippen molar-refractivity contribution in [2.75, 3.05) is 24.4 Å². The Labute approximate surface area is 179 Å². The molecule has 2 aromatic carbocycles. The second-order valence-corrected chi connectivity index (χ2v) is 7.84. The van der Waals surface area contributed by atoms with Gasteiger partial charge in [0.05, 0.1) is 29.9 Å². The number of carbonyl (C=O) groups is 2. The third-order valence-electron chi connectivity index (χ3n) is 4.29. The highest BCUT2D eigenvalue weighted by molar-refractivity contribution is 7.16. The molecule has 3 aromatic rings. The Balaban J connectivity index is 1.70. The van der Waals surface area contributed by atoms with Crippen molar-refractivity contribution in [3.8, 4) is 17.0 Å². The summed E-state index contributed by atoms with van der Waals surface area (Å²) >= 11 is 7.10. The number of carbonyl (C=O) groups excluding carboxylic acids is 2. The summed E-state index contributed by atoms with van der Waals surface area (Å²) in [5, 5.41) is 6.30. The molecule has 0 unspecified atom stereocenters. The van der Waals surface area contributed by atoms with Crippen LogP contribution in [0.2, 0.25) is 5.02 Å². The monoisotopic (exact) mass is 447 g/mol. The zero-order chi connectivity index (χ0) is 21.3. The normalized spacial score (nSPS) is 12.6. The lowest BCUT2D eigenvalue weighted by Gasteiger charge is -2.18. The number of methoxy groups -OCH3 is 1. The zero-order valence-electron chi connectivity index (χ0n) is 15.6. The third kappa shape index (κ3) is 4.22. The molecule has 0 radical (unpaired) electrons. The number of hydrogen-bond donors (Lipinski definition) is 2. The summed E-state index contributed by atoms with van der Waals surface area (Å²) in [6.45, 7) is -0.0368. The van der Waals surface area contributed by atoms with Crippen LogP contribution in [0.1, 0.15) is 4.88 Å². The fourth-order valence-electron chi connectivity index (χ4n) is 2.88. The van der Waals surface area contributed by atoms with Crippen molar-refractivity contribution in [3.05, 3.63) is 52.1 Å². The topological polar surface area (TPSA) is 89.5 Å². The lowest BCUT2D eigenvalue weighted by atomic mass is 10.1. The fraction of sp³-hybridized carbons (Fsp3) is 0.150. The largest absolute Gasteiger partial charge is 0.482 e. The molecule has 0 spiro atoms. The molecule has 154 valence electrons. The van der Waals surface area contributed by atoms with E-state index in [9.17, 15) is 14.0 Å². The van der Waals surface area contributed by atoms with E-state index in [4.69, 9.17) is 21.1 Å². The summed E-state index contributed by atoms with van der Waals surface area (Å²) in [5.41, 5.74) is 2.33. The van der Waals surface area contributed by atoms with Gasteiger partial charge in [0, 0.05) is 16.1 Å². The summed E-state index contributed by atoms with van der Waals surface area (Å²) in [6, 6.07) is 9.50. The maximum Gasteiger partial charge on any atom is 0.310 e. The number of ether oxygens (including phenoxy) is 2. The molecule has 2 N–H and O–H groups in total. The summed E-state index contributed by atoms with van der Waals surface area (Å²) in [7, 11) is 1.31. The second kappa shape index (κ2) is 8.29. The molecule has 0 fully saturated rings. The number of nitrogens with zero attached hydrogens (tertiary/aromatic N) is 1. The lowest BCUT2D eigenvalue weighted by Crippen LogP contribution is -2.25. The summed E-state index contributed by atoms with van der Waals surface area (Å²) in [5.74, 6) is -0.622. The number of amides is 1. The van der Waals surface area contributed by atoms with Crippen molar-refractivity contribution in [1.82, 2.24) is 4.98 Å². The molecule has 1 aromatic heterocycles. The first kappa shape index (κ1) is 20.1. The van der Waals surface area contributed by atoms with Crippen molar-refractivity contribution in [2.24, 2.45) is 0 Å².